The molecule has 0 atom stereocenters. The number of benzene rings is 1. The standard InChI is InChI=1S/C20H27N3O4/c1-15-6-8-17(23(26)27)14-18(15)20(25)22-12-10-21(11-13-22)19(24)9-7-16-4-2-3-5-16/h6,8,14,16H,2-5,7,9-13H2,1H3. The number of nitrogens with zero attached hydrogens (tertiary/aromatic N) is 3. The first-order chi connectivity index (χ1) is 13.0. The summed E-state index contributed by atoms with van der Waals surface area (Å²) in [6, 6.07) is 4.36. The number of piperazine rings is 1. The summed E-state index contributed by atoms with van der Waals surface area (Å²) in [4.78, 5) is 39.2. The van der Waals surface area contributed by atoms with Crippen LogP contribution in [0.25, 0.3) is 0 Å². The number of hydrogen-bond acceptors (Lipinski definition) is 4. The van der Waals surface area contributed by atoms with Crippen LogP contribution in [0.5, 0.6) is 0 Å². The van der Waals surface area contributed by atoms with Crippen LogP contribution in [0, 0.1) is 23.0 Å². The summed E-state index contributed by atoms with van der Waals surface area (Å²) in [5.74, 6) is 0.684. The average molecular weight is 373 g/mol. The van der Waals surface area contributed by atoms with Gasteiger partial charge in [0.05, 0.1) is 4.92 Å². The van der Waals surface area contributed by atoms with Crippen LogP contribution in [0.3, 0.4) is 0 Å². The third-order valence-electron chi connectivity index (χ3n) is 5.82. The summed E-state index contributed by atoms with van der Waals surface area (Å²) >= 11 is 0. The third-order valence-corrected chi connectivity index (χ3v) is 5.82. The van der Waals surface area contributed by atoms with Crippen molar-refractivity contribution in [3.05, 3.63) is 39.4 Å². The zero-order valence-corrected chi connectivity index (χ0v) is 15.9. The molecule has 0 radical (unpaired) electrons. The average Bonchev–Trinajstić information content (AvgIpc) is 3.19. The van der Waals surface area contributed by atoms with E-state index in [9.17, 15) is 19.7 Å². The van der Waals surface area contributed by atoms with Gasteiger partial charge in [-0.15, -0.1) is 0 Å². The lowest BCUT2D eigenvalue weighted by Gasteiger charge is -2.35. The van der Waals surface area contributed by atoms with E-state index >= 15 is 0 Å². The zero-order valence-electron chi connectivity index (χ0n) is 15.9. The van der Waals surface area contributed by atoms with Crippen molar-refractivity contribution < 1.29 is 14.5 Å². The molecule has 7 nitrogen and oxygen atoms in total. The number of carbonyl (C=O) groups excluding carboxylic acids is 2. The zero-order chi connectivity index (χ0) is 19.4. The van der Waals surface area contributed by atoms with Gasteiger partial charge >= 0.3 is 0 Å². The first-order valence-corrected chi connectivity index (χ1v) is 9.78. The summed E-state index contributed by atoms with van der Waals surface area (Å²) in [6.07, 6.45) is 6.65. The Labute approximate surface area is 159 Å². The maximum atomic E-state index is 12.8. The van der Waals surface area contributed by atoms with Crippen LogP contribution in [0.4, 0.5) is 5.69 Å². The highest BCUT2D eigenvalue weighted by atomic mass is 16.6. The molecule has 1 saturated carbocycles. The fourth-order valence-electron chi connectivity index (χ4n) is 4.07. The molecular weight excluding hydrogens is 346 g/mol. The van der Waals surface area contributed by atoms with Gasteiger partial charge in [-0.25, -0.2) is 0 Å². The van der Waals surface area contributed by atoms with Crippen LogP contribution in [0.2, 0.25) is 0 Å². The number of hydrogen-bond donors (Lipinski definition) is 0. The molecule has 1 saturated heterocycles. The molecule has 0 bridgehead atoms. The summed E-state index contributed by atoms with van der Waals surface area (Å²) in [5.41, 5.74) is 1.01. The van der Waals surface area contributed by atoms with Gasteiger partial charge in [-0.3, -0.25) is 19.7 Å². The topological polar surface area (TPSA) is 83.8 Å². The number of amides is 2. The first-order valence-electron chi connectivity index (χ1n) is 9.78. The minimum Gasteiger partial charge on any atom is -0.339 e. The molecule has 2 fully saturated rings. The molecule has 146 valence electrons. The Balaban J connectivity index is 1.54. The molecule has 0 unspecified atom stereocenters. The van der Waals surface area contributed by atoms with E-state index in [1.165, 1.54) is 37.8 Å². The molecule has 0 aromatic heterocycles. The molecular formula is C20H27N3O4. The largest absolute Gasteiger partial charge is 0.339 e. The monoisotopic (exact) mass is 373 g/mol. The Morgan fingerprint density at radius 3 is 2.37 bits per heavy atom. The second-order valence-electron chi connectivity index (χ2n) is 7.62. The van der Waals surface area contributed by atoms with Crippen molar-refractivity contribution in [2.24, 2.45) is 5.92 Å². The molecule has 7 heteroatoms. The lowest BCUT2D eigenvalue weighted by Crippen LogP contribution is -2.50. The molecule has 0 N–H and O–H groups in total. The minimum atomic E-state index is -0.489. The highest BCUT2D eigenvalue weighted by Gasteiger charge is 2.27. The van der Waals surface area contributed by atoms with Crippen LogP contribution in [0.1, 0.15) is 54.4 Å². The van der Waals surface area contributed by atoms with E-state index in [4.69, 9.17) is 0 Å². The van der Waals surface area contributed by atoms with E-state index in [0.717, 1.165) is 12.0 Å². The predicted molar refractivity (Wildman–Crippen MR) is 102 cm³/mol. The number of nitro benzene ring substituents is 1. The molecule has 1 heterocycles. The van der Waals surface area contributed by atoms with E-state index in [1.807, 2.05) is 4.90 Å². The fraction of sp³-hybridized carbons (Fsp3) is 0.600. The summed E-state index contributed by atoms with van der Waals surface area (Å²) < 4.78 is 0. The third kappa shape index (κ3) is 4.64. The summed E-state index contributed by atoms with van der Waals surface area (Å²) in [5, 5.41) is 11.0. The summed E-state index contributed by atoms with van der Waals surface area (Å²) in [6.45, 7) is 3.78. The van der Waals surface area contributed by atoms with Crippen molar-refractivity contribution in [3.63, 3.8) is 0 Å². The van der Waals surface area contributed by atoms with Gasteiger partial charge < -0.3 is 9.80 Å². The van der Waals surface area contributed by atoms with Crippen molar-refractivity contribution >= 4 is 17.5 Å². The SMILES string of the molecule is Cc1ccc([N+](=O)[O-])cc1C(=O)N1CCN(C(=O)CCC2CCCC2)CC1. The van der Waals surface area contributed by atoms with Crippen molar-refractivity contribution in [1.29, 1.82) is 0 Å². The van der Waals surface area contributed by atoms with Gasteiger partial charge in [0.1, 0.15) is 0 Å². The van der Waals surface area contributed by atoms with Gasteiger partial charge in [-0.1, -0.05) is 31.7 Å². The van der Waals surface area contributed by atoms with E-state index in [0.29, 0.717) is 44.1 Å². The van der Waals surface area contributed by atoms with Gasteiger partial charge in [-0.2, -0.15) is 0 Å². The van der Waals surface area contributed by atoms with Crippen molar-refractivity contribution in [3.8, 4) is 0 Å². The highest BCUT2D eigenvalue weighted by Crippen LogP contribution is 2.28. The molecule has 2 aliphatic rings. The maximum absolute atomic E-state index is 12.8. The van der Waals surface area contributed by atoms with Crippen molar-refractivity contribution in [2.75, 3.05) is 26.2 Å². The van der Waals surface area contributed by atoms with Crippen LogP contribution < -0.4 is 0 Å². The van der Waals surface area contributed by atoms with E-state index < -0.39 is 4.92 Å². The lowest BCUT2D eigenvalue weighted by atomic mass is 10.0. The molecule has 2 amide bonds. The molecule has 27 heavy (non-hydrogen) atoms. The molecule has 3 rings (SSSR count). The number of nitro groups is 1. The number of aryl methyl sites for hydroxylation is 1. The van der Waals surface area contributed by atoms with Gasteiger partial charge in [0.2, 0.25) is 5.91 Å². The predicted octanol–water partition coefficient (Wildman–Crippen LogP) is 3.16. The second-order valence-corrected chi connectivity index (χ2v) is 7.62. The van der Waals surface area contributed by atoms with Gasteiger partial charge in [-0.05, 0) is 24.8 Å². The van der Waals surface area contributed by atoms with Crippen LogP contribution >= 0.6 is 0 Å². The van der Waals surface area contributed by atoms with Crippen LogP contribution in [-0.4, -0.2) is 52.7 Å². The Kier molecular flexibility index (Phi) is 6.08. The van der Waals surface area contributed by atoms with Crippen molar-refractivity contribution in [1.82, 2.24) is 9.80 Å². The maximum Gasteiger partial charge on any atom is 0.270 e. The molecule has 1 aromatic carbocycles. The second kappa shape index (κ2) is 8.50. The Morgan fingerprint density at radius 1 is 1.11 bits per heavy atom. The summed E-state index contributed by atoms with van der Waals surface area (Å²) in [7, 11) is 0. The Bertz CT molecular complexity index is 720. The van der Waals surface area contributed by atoms with E-state index in [-0.39, 0.29) is 17.5 Å². The molecule has 1 aliphatic carbocycles. The lowest BCUT2D eigenvalue weighted by molar-refractivity contribution is -0.384. The highest BCUT2D eigenvalue weighted by molar-refractivity contribution is 5.96. The quantitative estimate of drug-likeness (QED) is 0.586. The molecule has 0 spiro atoms. The fourth-order valence-corrected chi connectivity index (χ4v) is 4.07. The number of carbonyl (C=O) groups is 2. The Morgan fingerprint density at radius 2 is 1.74 bits per heavy atom. The van der Waals surface area contributed by atoms with Gasteiger partial charge in [0.25, 0.3) is 11.6 Å². The molecule has 1 aromatic rings. The molecule has 1 aliphatic heterocycles. The van der Waals surface area contributed by atoms with E-state index in [1.54, 1.807) is 17.9 Å². The van der Waals surface area contributed by atoms with E-state index in [2.05, 4.69) is 0 Å². The number of rotatable bonds is 5. The number of non-ortho nitro benzene ring substituents is 1. The first kappa shape index (κ1) is 19.3. The van der Waals surface area contributed by atoms with Crippen LogP contribution in [0.15, 0.2) is 18.2 Å². The Hall–Kier alpha value is -2.44. The smallest absolute Gasteiger partial charge is 0.270 e. The van der Waals surface area contributed by atoms with Gasteiger partial charge in [0, 0.05) is 50.3 Å². The normalized spacial score (nSPS) is 18.0. The van der Waals surface area contributed by atoms with Crippen LogP contribution in [-0.2, 0) is 4.79 Å². The minimum absolute atomic E-state index is 0.0790. The van der Waals surface area contributed by atoms with Gasteiger partial charge in [0.15, 0.2) is 0 Å². The van der Waals surface area contributed by atoms with Crippen molar-refractivity contribution in [2.45, 2.75) is 45.4 Å².